The van der Waals surface area contributed by atoms with Crippen LogP contribution in [-0.4, -0.2) is 56.6 Å². The van der Waals surface area contributed by atoms with Crippen molar-refractivity contribution in [1.29, 1.82) is 0 Å². The van der Waals surface area contributed by atoms with Crippen LogP contribution >= 0.6 is 31.9 Å². The summed E-state index contributed by atoms with van der Waals surface area (Å²) in [5.41, 5.74) is 0. The lowest BCUT2D eigenvalue weighted by molar-refractivity contribution is -0.149. The maximum Gasteiger partial charge on any atom is 0.308 e. The Balaban J connectivity index is 1.26. The normalized spacial score (nSPS) is 32.6. The molecule has 9 nitrogen and oxygen atoms in total. The van der Waals surface area contributed by atoms with Gasteiger partial charge in [0, 0.05) is 22.3 Å². The number of fused-ring (bicyclic) bond motifs is 5. The fourth-order valence-corrected chi connectivity index (χ4v) is 6.53. The van der Waals surface area contributed by atoms with E-state index >= 15 is 0 Å². The van der Waals surface area contributed by atoms with Crippen LogP contribution in [0.4, 0.5) is 5.82 Å². The number of aryl methyl sites for hydroxylation is 1. The lowest BCUT2D eigenvalue weighted by Gasteiger charge is -2.28. The van der Waals surface area contributed by atoms with Crippen molar-refractivity contribution in [3.63, 3.8) is 0 Å². The van der Waals surface area contributed by atoms with E-state index in [0.29, 0.717) is 5.76 Å². The molecule has 6 atom stereocenters. The summed E-state index contributed by atoms with van der Waals surface area (Å²) in [5, 5.41) is 6.04. The molecule has 2 bridgehead atoms. The Morgan fingerprint density at radius 3 is 2.41 bits per heavy atom. The summed E-state index contributed by atoms with van der Waals surface area (Å²) in [6, 6.07) is 1.53. The third kappa shape index (κ3) is 3.63. The summed E-state index contributed by atoms with van der Waals surface area (Å²) in [7, 11) is 0. The average Bonchev–Trinajstić information content (AvgIpc) is 3.39. The van der Waals surface area contributed by atoms with Crippen molar-refractivity contribution in [2.24, 2.45) is 23.7 Å². The summed E-state index contributed by atoms with van der Waals surface area (Å²) in [6.07, 6.45) is 0.701. The maximum absolute atomic E-state index is 12.8. The van der Waals surface area contributed by atoms with E-state index < -0.39 is 18.5 Å². The number of esters is 1. The molecule has 156 valence electrons. The predicted octanol–water partition coefficient (Wildman–Crippen LogP) is 1.63. The van der Waals surface area contributed by atoms with Crippen LogP contribution in [0, 0.1) is 30.6 Å². The van der Waals surface area contributed by atoms with Gasteiger partial charge in [0.25, 0.3) is 5.91 Å². The molecule has 3 aliphatic rings. The summed E-state index contributed by atoms with van der Waals surface area (Å²) in [4.78, 5) is 50.8. The quantitative estimate of drug-likeness (QED) is 0.336. The molecule has 2 saturated carbocycles. The van der Waals surface area contributed by atoms with E-state index in [1.807, 2.05) is 0 Å². The van der Waals surface area contributed by atoms with Crippen LogP contribution in [0.2, 0.25) is 0 Å². The molecule has 0 radical (unpaired) electrons. The van der Waals surface area contributed by atoms with Crippen molar-refractivity contribution in [2.45, 2.75) is 29.4 Å². The second kappa shape index (κ2) is 7.82. The average molecular weight is 533 g/mol. The minimum Gasteiger partial charge on any atom is -0.456 e. The van der Waals surface area contributed by atoms with Crippen molar-refractivity contribution < 1.29 is 28.4 Å². The number of amides is 3. The SMILES string of the molecule is Cc1cc(NC(=O)COC(=O)CCN2C(=O)[C@@H]3[C@H]4C[C@@H]([C@H](Br)[C@@H]4Br)[C@@H]3C2=O)no1. The molecular formula is C18H19Br2N3O6. The largest absolute Gasteiger partial charge is 0.456 e. The van der Waals surface area contributed by atoms with Gasteiger partial charge in [-0.05, 0) is 25.2 Å². The summed E-state index contributed by atoms with van der Waals surface area (Å²) < 4.78 is 9.75. The zero-order chi connectivity index (χ0) is 20.9. The Morgan fingerprint density at radius 2 is 1.86 bits per heavy atom. The molecule has 4 rings (SSSR count). The molecule has 0 spiro atoms. The van der Waals surface area contributed by atoms with E-state index in [9.17, 15) is 19.2 Å². The lowest BCUT2D eigenvalue weighted by Crippen LogP contribution is -2.37. The van der Waals surface area contributed by atoms with Crippen LogP contribution in [0.1, 0.15) is 18.6 Å². The smallest absolute Gasteiger partial charge is 0.308 e. The zero-order valence-corrected chi connectivity index (χ0v) is 18.6. The van der Waals surface area contributed by atoms with Gasteiger partial charge in [-0.15, -0.1) is 0 Å². The molecule has 1 N–H and O–H groups in total. The van der Waals surface area contributed by atoms with Gasteiger partial charge >= 0.3 is 5.97 Å². The first-order valence-electron chi connectivity index (χ1n) is 9.30. The minimum atomic E-state index is -0.658. The Labute approximate surface area is 183 Å². The second-order valence-corrected chi connectivity index (χ2v) is 9.73. The molecule has 3 amide bonds. The van der Waals surface area contributed by atoms with Gasteiger partial charge in [-0.1, -0.05) is 37.0 Å². The van der Waals surface area contributed by atoms with Crippen LogP contribution in [0.3, 0.4) is 0 Å². The topological polar surface area (TPSA) is 119 Å². The number of anilines is 1. The highest BCUT2D eigenvalue weighted by atomic mass is 79.9. The van der Waals surface area contributed by atoms with E-state index in [1.54, 1.807) is 6.92 Å². The number of hydrogen-bond donors (Lipinski definition) is 1. The molecule has 3 fully saturated rings. The number of alkyl halides is 2. The summed E-state index contributed by atoms with van der Waals surface area (Å²) >= 11 is 7.27. The van der Waals surface area contributed by atoms with E-state index in [2.05, 4.69) is 42.3 Å². The van der Waals surface area contributed by atoms with E-state index in [4.69, 9.17) is 9.26 Å². The zero-order valence-electron chi connectivity index (χ0n) is 15.5. The first kappa shape index (κ1) is 20.5. The van der Waals surface area contributed by atoms with Crippen LogP contribution in [0.25, 0.3) is 0 Å². The third-order valence-corrected chi connectivity index (χ3v) is 9.08. The number of nitrogens with zero attached hydrogens (tertiary/aromatic N) is 2. The first-order valence-corrected chi connectivity index (χ1v) is 11.1. The molecule has 11 heteroatoms. The van der Waals surface area contributed by atoms with Crippen LogP contribution < -0.4 is 5.32 Å². The number of ether oxygens (including phenoxy) is 1. The van der Waals surface area contributed by atoms with Crippen molar-refractivity contribution in [3.05, 3.63) is 11.8 Å². The molecule has 1 aromatic heterocycles. The molecule has 0 unspecified atom stereocenters. The highest BCUT2D eigenvalue weighted by Gasteiger charge is 2.66. The molecule has 1 aromatic rings. The molecule has 1 saturated heterocycles. The summed E-state index contributed by atoms with van der Waals surface area (Å²) in [6.45, 7) is 1.16. The Bertz CT molecular complexity index is 842. The van der Waals surface area contributed by atoms with Crippen LogP contribution in [-0.2, 0) is 23.9 Å². The van der Waals surface area contributed by atoms with Crippen LogP contribution in [0.5, 0.6) is 0 Å². The fraction of sp³-hybridized carbons (Fsp3) is 0.611. The highest BCUT2D eigenvalue weighted by Crippen LogP contribution is 2.60. The van der Waals surface area contributed by atoms with E-state index in [0.717, 1.165) is 6.42 Å². The highest BCUT2D eigenvalue weighted by molar-refractivity contribution is 9.12. The number of carbonyl (C=O) groups excluding carboxylic acids is 4. The van der Waals surface area contributed by atoms with Crippen molar-refractivity contribution >= 4 is 61.4 Å². The van der Waals surface area contributed by atoms with E-state index in [-0.39, 0.29) is 63.9 Å². The first-order chi connectivity index (χ1) is 13.8. The molecule has 1 aliphatic heterocycles. The second-order valence-electron chi connectivity index (χ2n) is 7.61. The molecule has 0 aromatic carbocycles. The Kier molecular flexibility index (Phi) is 5.54. The molecule has 29 heavy (non-hydrogen) atoms. The minimum absolute atomic E-state index is 0.0348. The number of aromatic nitrogens is 1. The predicted molar refractivity (Wildman–Crippen MR) is 106 cm³/mol. The van der Waals surface area contributed by atoms with Crippen molar-refractivity contribution in [3.8, 4) is 0 Å². The van der Waals surface area contributed by atoms with Gasteiger partial charge in [-0.3, -0.25) is 24.1 Å². The van der Waals surface area contributed by atoms with Gasteiger partial charge in [0.15, 0.2) is 12.4 Å². The molecule has 2 heterocycles. The number of carbonyl (C=O) groups is 4. The number of imide groups is 1. The fourth-order valence-electron chi connectivity index (χ4n) is 4.66. The van der Waals surface area contributed by atoms with Gasteiger partial charge in [-0.2, -0.15) is 0 Å². The Hall–Kier alpha value is -1.75. The maximum atomic E-state index is 12.8. The monoisotopic (exact) mass is 531 g/mol. The van der Waals surface area contributed by atoms with Crippen LogP contribution in [0.15, 0.2) is 10.6 Å². The number of halogens is 2. The molecular weight excluding hydrogens is 514 g/mol. The summed E-state index contributed by atoms with van der Waals surface area (Å²) in [5.74, 6) is -1.21. The van der Waals surface area contributed by atoms with Crippen molar-refractivity contribution in [2.75, 3.05) is 18.5 Å². The number of hydrogen-bond acceptors (Lipinski definition) is 7. The van der Waals surface area contributed by atoms with Gasteiger partial charge in [0.1, 0.15) is 5.76 Å². The standard InChI is InChI=1S/C18H19Br2N3O6/c1-7-4-10(22-29-7)21-11(24)6-28-12(25)2-3-23-17(26)13-8-5-9(14(13)18(23)27)16(20)15(8)19/h4,8-9,13-16H,2-3,5-6H2,1H3,(H,21,22,24)/t8-,9-,13-,14+,15-,16+/m1/s1. The number of nitrogens with one attached hydrogen (secondary N) is 1. The van der Waals surface area contributed by atoms with E-state index in [1.165, 1.54) is 11.0 Å². The van der Waals surface area contributed by atoms with Gasteiger partial charge in [-0.25, -0.2) is 0 Å². The molecule has 2 aliphatic carbocycles. The van der Waals surface area contributed by atoms with Gasteiger partial charge in [0.05, 0.1) is 18.3 Å². The Morgan fingerprint density at radius 1 is 1.24 bits per heavy atom. The lowest BCUT2D eigenvalue weighted by atomic mass is 9.81. The van der Waals surface area contributed by atoms with Gasteiger partial charge in [0.2, 0.25) is 11.8 Å². The number of likely N-dealkylation sites (tertiary alicyclic amines) is 1. The van der Waals surface area contributed by atoms with Crippen molar-refractivity contribution in [1.82, 2.24) is 10.1 Å². The van der Waals surface area contributed by atoms with Gasteiger partial charge < -0.3 is 14.6 Å². The number of rotatable bonds is 6. The third-order valence-electron chi connectivity index (χ3n) is 5.88.